The number of aryl methyl sites for hydroxylation is 1. The molecule has 0 atom stereocenters. The molecular weight excluding hydrogens is 381 g/mol. The number of alkyl halides is 3. The molecule has 0 bridgehead atoms. The lowest BCUT2D eigenvalue weighted by Crippen LogP contribution is -2.18. The molecule has 2 aromatic heterocycles. The minimum Gasteiger partial charge on any atom is -0.463 e. The molecule has 4 rings (SSSR count). The second kappa shape index (κ2) is 7.16. The van der Waals surface area contributed by atoms with Crippen LogP contribution in [0, 0.1) is 6.92 Å². The monoisotopic (exact) mass is 398 g/mol. The predicted octanol–water partition coefficient (Wildman–Crippen LogP) is 5.86. The quantitative estimate of drug-likeness (QED) is 0.468. The molecule has 0 unspecified atom stereocenters. The lowest BCUT2D eigenvalue weighted by Gasteiger charge is -2.13. The van der Waals surface area contributed by atoms with Gasteiger partial charge in [-0.1, -0.05) is 30.3 Å². The van der Waals surface area contributed by atoms with Crippen molar-refractivity contribution in [1.82, 2.24) is 4.57 Å². The lowest BCUT2D eigenvalue weighted by atomic mass is 10.1. The number of nitrogens with one attached hydrogen (secondary N) is 1. The van der Waals surface area contributed by atoms with Gasteiger partial charge >= 0.3 is 6.18 Å². The maximum atomic E-state index is 12.9. The summed E-state index contributed by atoms with van der Waals surface area (Å²) in [4.78, 5) is 12.9. The zero-order chi connectivity index (χ0) is 20.6. The van der Waals surface area contributed by atoms with Gasteiger partial charge < -0.3 is 14.3 Å². The average molecular weight is 398 g/mol. The number of anilines is 1. The highest BCUT2D eigenvalue weighted by molar-refractivity contribution is 6.05. The van der Waals surface area contributed by atoms with Gasteiger partial charge in [-0.3, -0.25) is 4.79 Å². The third-order valence-corrected chi connectivity index (χ3v) is 4.79. The molecule has 148 valence electrons. The molecule has 0 radical (unpaired) electrons. The predicted molar refractivity (Wildman–Crippen MR) is 104 cm³/mol. The van der Waals surface area contributed by atoms with Gasteiger partial charge in [-0.05, 0) is 36.2 Å². The average Bonchev–Trinajstić information content (AvgIpc) is 3.25. The van der Waals surface area contributed by atoms with Crippen molar-refractivity contribution in [2.75, 3.05) is 5.32 Å². The van der Waals surface area contributed by atoms with E-state index < -0.39 is 17.6 Å². The van der Waals surface area contributed by atoms with Crippen molar-refractivity contribution >= 4 is 22.7 Å². The van der Waals surface area contributed by atoms with E-state index in [-0.39, 0.29) is 5.69 Å². The minimum absolute atomic E-state index is 0.0742. The van der Waals surface area contributed by atoms with Crippen LogP contribution in [0.3, 0.4) is 0 Å². The van der Waals surface area contributed by atoms with Gasteiger partial charge in [-0.2, -0.15) is 13.2 Å². The Morgan fingerprint density at radius 3 is 2.62 bits per heavy atom. The molecule has 0 spiro atoms. The van der Waals surface area contributed by atoms with Crippen molar-refractivity contribution in [3.63, 3.8) is 0 Å². The topological polar surface area (TPSA) is 47.2 Å². The van der Waals surface area contributed by atoms with Crippen molar-refractivity contribution in [1.29, 1.82) is 0 Å². The summed E-state index contributed by atoms with van der Waals surface area (Å²) >= 11 is 0. The lowest BCUT2D eigenvalue weighted by molar-refractivity contribution is -0.137. The Balaban J connectivity index is 1.68. The fourth-order valence-corrected chi connectivity index (χ4v) is 3.26. The molecule has 0 fully saturated rings. The number of hydrogen-bond acceptors (Lipinski definition) is 2. The van der Waals surface area contributed by atoms with Crippen molar-refractivity contribution in [3.8, 4) is 0 Å². The van der Waals surface area contributed by atoms with E-state index in [9.17, 15) is 18.0 Å². The summed E-state index contributed by atoms with van der Waals surface area (Å²) in [5.41, 5.74) is 2.93. The normalized spacial score (nSPS) is 11.7. The van der Waals surface area contributed by atoms with E-state index in [1.54, 1.807) is 16.7 Å². The molecule has 1 amide bonds. The third kappa shape index (κ3) is 3.76. The summed E-state index contributed by atoms with van der Waals surface area (Å²) in [6.07, 6.45) is -2.95. The third-order valence-electron chi connectivity index (χ3n) is 4.79. The van der Waals surface area contributed by atoms with Crippen LogP contribution < -0.4 is 5.32 Å². The van der Waals surface area contributed by atoms with Crippen LogP contribution in [0.2, 0.25) is 0 Å². The standard InChI is InChI=1S/C22H17F3N2O2/c1-14-5-2-3-6-15(14)13-27-18-9-10-29-20(18)12-19(27)21(28)26-17-8-4-7-16(11-17)22(23,24)25/h2-12H,13H2,1H3,(H,26,28). The molecule has 2 aromatic carbocycles. The van der Waals surface area contributed by atoms with Crippen molar-refractivity contribution < 1.29 is 22.4 Å². The van der Waals surface area contributed by atoms with Gasteiger partial charge in [-0.25, -0.2) is 0 Å². The van der Waals surface area contributed by atoms with Crippen LogP contribution in [0.15, 0.2) is 71.3 Å². The Kier molecular flexibility index (Phi) is 4.66. The summed E-state index contributed by atoms with van der Waals surface area (Å²) in [5, 5.41) is 2.56. The van der Waals surface area contributed by atoms with Crippen LogP contribution in [-0.2, 0) is 12.7 Å². The molecule has 0 aliphatic heterocycles. The highest BCUT2D eigenvalue weighted by Gasteiger charge is 2.30. The first kappa shape index (κ1) is 18.9. The Bertz CT molecular complexity index is 1190. The number of carbonyl (C=O) groups excluding carboxylic acids is 1. The highest BCUT2D eigenvalue weighted by Crippen LogP contribution is 2.31. The summed E-state index contributed by atoms with van der Waals surface area (Å²) in [6, 6.07) is 15.7. The van der Waals surface area contributed by atoms with Crippen molar-refractivity contribution in [2.45, 2.75) is 19.6 Å². The number of benzene rings is 2. The first-order chi connectivity index (χ1) is 13.8. The number of amides is 1. The number of hydrogen-bond donors (Lipinski definition) is 1. The van der Waals surface area contributed by atoms with E-state index in [0.717, 1.165) is 28.8 Å². The summed E-state index contributed by atoms with van der Waals surface area (Å²) in [6.45, 7) is 2.41. The molecule has 4 nitrogen and oxygen atoms in total. The fraction of sp³-hybridized carbons (Fsp3) is 0.136. The van der Waals surface area contributed by atoms with Gasteiger partial charge in [0.05, 0.1) is 17.3 Å². The number of fused-ring (bicyclic) bond motifs is 1. The Hall–Kier alpha value is -3.48. The number of nitrogens with zero attached hydrogens (tertiary/aromatic N) is 1. The fourth-order valence-electron chi connectivity index (χ4n) is 3.26. The summed E-state index contributed by atoms with van der Waals surface area (Å²) in [5.74, 6) is -0.510. The molecule has 29 heavy (non-hydrogen) atoms. The van der Waals surface area contributed by atoms with Gasteiger partial charge in [0.25, 0.3) is 5.91 Å². The molecule has 0 aliphatic rings. The van der Waals surface area contributed by atoms with E-state index in [1.165, 1.54) is 18.4 Å². The zero-order valence-electron chi connectivity index (χ0n) is 15.5. The van der Waals surface area contributed by atoms with Crippen molar-refractivity contribution in [3.05, 3.63) is 89.3 Å². The zero-order valence-corrected chi connectivity index (χ0v) is 15.5. The van der Waals surface area contributed by atoms with Crippen molar-refractivity contribution in [2.24, 2.45) is 0 Å². The number of rotatable bonds is 4. The van der Waals surface area contributed by atoms with E-state index in [0.29, 0.717) is 17.8 Å². The first-order valence-corrected chi connectivity index (χ1v) is 8.93. The summed E-state index contributed by atoms with van der Waals surface area (Å²) in [7, 11) is 0. The van der Waals surface area contributed by atoms with E-state index >= 15 is 0 Å². The molecule has 7 heteroatoms. The van der Waals surface area contributed by atoms with Gasteiger partial charge in [-0.15, -0.1) is 0 Å². The van der Waals surface area contributed by atoms with E-state index in [1.807, 2.05) is 31.2 Å². The van der Waals surface area contributed by atoms with E-state index in [4.69, 9.17) is 4.42 Å². The van der Waals surface area contributed by atoms with E-state index in [2.05, 4.69) is 5.32 Å². The molecule has 2 heterocycles. The van der Waals surface area contributed by atoms with Crippen LogP contribution in [0.1, 0.15) is 27.2 Å². The Morgan fingerprint density at radius 1 is 1.07 bits per heavy atom. The molecule has 4 aromatic rings. The van der Waals surface area contributed by atoms with Gasteiger partial charge in [0, 0.05) is 24.4 Å². The molecule has 0 saturated carbocycles. The van der Waals surface area contributed by atoms with Crippen LogP contribution in [0.5, 0.6) is 0 Å². The van der Waals surface area contributed by atoms with Gasteiger partial charge in [0.1, 0.15) is 5.69 Å². The van der Waals surface area contributed by atoms with Gasteiger partial charge in [0.2, 0.25) is 0 Å². The molecule has 0 saturated heterocycles. The Morgan fingerprint density at radius 2 is 1.86 bits per heavy atom. The summed E-state index contributed by atoms with van der Waals surface area (Å²) < 4.78 is 46.0. The molecule has 1 N–H and O–H groups in total. The van der Waals surface area contributed by atoms with Crippen LogP contribution in [-0.4, -0.2) is 10.5 Å². The number of furan rings is 1. The minimum atomic E-state index is -4.48. The second-order valence-electron chi connectivity index (χ2n) is 6.74. The van der Waals surface area contributed by atoms with Gasteiger partial charge in [0.15, 0.2) is 5.58 Å². The molecule has 0 aliphatic carbocycles. The molecular formula is C22H17F3N2O2. The maximum absolute atomic E-state index is 12.9. The largest absolute Gasteiger partial charge is 0.463 e. The van der Waals surface area contributed by atoms with Crippen LogP contribution in [0.25, 0.3) is 11.1 Å². The smallest absolute Gasteiger partial charge is 0.416 e. The first-order valence-electron chi connectivity index (χ1n) is 8.93. The number of carbonyl (C=O) groups is 1. The van der Waals surface area contributed by atoms with Crippen LogP contribution >= 0.6 is 0 Å². The Labute approximate surface area is 164 Å². The number of halogens is 3. The highest BCUT2D eigenvalue weighted by atomic mass is 19.4. The van der Waals surface area contributed by atoms with Crippen LogP contribution in [0.4, 0.5) is 18.9 Å². The second-order valence-corrected chi connectivity index (χ2v) is 6.74. The number of aromatic nitrogens is 1. The SMILES string of the molecule is Cc1ccccc1Cn1c(C(=O)Nc2cccc(C(F)(F)F)c2)cc2occc21. The maximum Gasteiger partial charge on any atom is 0.416 e.